The van der Waals surface area contributed by atoms with Crippen LogP contribution < -0.4 is 10.1 Å². The number of hydrogen-bond donors (Lipinski definition) is 1. The van der Waals surface area contributed by atoms with E-state index < -0.39 is 0 Å². The van der Waals surface area contributed by atoms with Gasteiger partial charge in [0.2, 0.25) is 0 Å². The molecule has 4 heteroatoms. The van der Waals surface area contributed by atoms with E-state index in [1.807, 2.05) is 48.3 Å². The van der Waals surface area contributed by atoms with E-state index in [0.717, 1.165) is 31.6 Å². The van der Waals surface area contributed by atoms with Crippen LogP contribution in [0.4, 0.5) is 0 Å². The van der Waals surface area contributed by atoms with E-state index in [0.29, 0.717) is 23.8 Å². The lowest BCUT2D eigenvalue weighted by atomic mass is 10.1. The molecule has 1 aliphatic rings. The van der Waals surface area contributed by atoms with Crippen LogP contribution in [0.15, 0.2) is 48.5 Å². The lowest BCUT2D eigenvalue weighted by molar-refractivity contribution is 0.0782. The molecule has 0 unspecified atom stereocenters. The highest BCUT2D eigenvalue weighted by molar-refractivity contribution is 5.97. The molecule has 25 heavy (non-hydrogen) atoms. The summed E-state index contributed by atoms with van der Waals surface area (Å²) in [5.41, 5.74) is 2.99. The minimum absolute atomic E-state index is 0.0685. The summed E-state index contributed by atoms with van der Waals surface area (Å²) in [6, 6.07) is 15.7. The van der Waals surface area contributed by atoms with Gasteiger partial charge in [0.15, 0.2) is 0 Å². The molecule has 1 amide bonds. The Labute approximate surface area is 149 Å². The molecular weight excluding hydrogens is 312 g/mol. The summed E-state index contributed by atoms with van der Waals surface area (Å²) >= 11 is 0. The molecule has 0 aliphatic carbocycles. The number of para-hydroxylation sites is 1. The summed E-state index contributed by atoms with van der Waals surface area (Å²) in [6.07, 6.45) is 1.05. The van der Waals surface area contributed by atoms with Gasteiger partial charge in [-0.3, -0.25) is 4.79 Å². The first kappa shape index (κ1) is 17.5. The van der Waals surface area contributed by atoms with Gasteiger partial charge in [-0.15, -0.1) is 0 Å². The van der Waals surface area contributed by atoms with Crippen molar-refractivity contribution in [2.45, 2.75) is 20.0 Å². The highest BCUT2D eigenvalue weighted by Crippen LogP contribution is 2.25. The van der Waals surface area contributed by atoms with Crippen molar-refractivity contribution >= 4 is 5.91 Å². The lowest BCUT2D eigenvalue weighted by Crippen LogP contribution is -2.30. The fraction of sp³-hybridized carbons (Fsp3) is 0.381. The number of ether oxygens (including phenoxy) is 1. The first-order valence-corrected chi connectivity index (χ1v) is 8.89. The Bertz CT molecular complexity index is 729. The van der Waals surface area contributed by atoms with Gasteiger partial charge in [-0.05, 0) is 56.1 Å². The maximum atomic E-state index is 12.9. The number of benzene rings is 2. The molecule has 1 aliphatic heterocycles. The van der Waals surface area contributed by atoms with Crippen LogP contribution in [0.3, 0.4) is 0 Å². The number of hydrogen-bond acceptors (Lipinski definition) is 3. The third-order valence-electron chi connectivity index (χ3n) is 4.83. The van der Waals surface area contributed by atoms with E-state index in [9.17, 15) is 4.79 Å². The molecule has 0 radical (unpaired) electrons. The van der Waals surface area contributed by atoms with Crippen molar-refractivity contribution in [2.24, 2.45) is 5.92 Å². The van der Waals surface area contributed by atoms with E-state index in [-0.39, 0.29) is 5.91 Å². The molecular formula is C21H26N2O2. The van der Waals surface area contributed by atoms with Gasteiger partial charge in [0.05, 0.1) is 5.56 Å². The number of aryl methyl sites for hydroxylation is 1. The molecule has 0 bridgehead atoms. The van der Waals surface area contributed by atoms with E-state index in [1.165, 1.54) is 5.56 Å². The second kappa shape index (κ2) is 8.17. The maximum Gasteiger partial charge on any atom is 0.257 e. The molecule has 3 rings (SSSR count). The number of carbonyl (C=O) groups excluding carboxylic acids is 1. The zero-order valence-electron chi connectivity index (χ0n) is 15.0. The van der Waals surface area contributed by atoms with Gasteiger partial charge < -0.3 is 15.0 Å². The van der Waals surface area contributed by atoms with Crippen molar-refractivity contribution < 1.29 is 9.53 Å². The van der Waals surface area contributed by atoms with Crippen molar-refractivity contribution in [3.63, 3.8) is 0 Å². The van der Waals surface area contributed by atoms with E-state index in [2.05, 4.69) is 24.4 Å². The van der Waals surface area contributed by atoms with Crippen LogP contribution in [0.2, 0.25) is 0 Å². The SMILES string of the molecule is CNC[C@H]1CCN(C(=O)c2ccccc2OCc2ccccc2C)C1. The highest BCUT2D eigenvalue weighted by Gasteiger charge is 2.27. The first-order chi connectivity index (χ1) is 12.2. The Morgan fingerprint density at radius 2 is 1.96 bits per heavy atom. The average molecular weight is 338 g/mol. The smallest absolute Gasteiger partial charge is 0.257 e. The first-order valence-electron chi connectivity index (χ1n) is 8.89. The van der Waals surface area contributed by atoms with Crippen LogP contribution in [0.25, 0.3) is 0 Å². The number of nitrogens with zero attached hydrogens (tertiary/aromatic N) is 1. The standard InChI is InChI=1S/C21H26N2O2/c1-16-7-3-4-8-18(16)15-25-20-10-6-5-9-19(20)21(24)23-12-11-17(14-23)13-22-2/h3-10,17,22H,11-15H2,1-2H3/t17-/m1/s1. The summed E-state index contributed by atoms with van der Waals surface area (Å²) in [7, 11) is 1.96. The number of nitrogens with one attached hydrogen (secondary N) is 1. The van der Waals surface area contributed by atoms with Gasteiger partial charge >= 0.3 is 0 Å². The molecule has 1 atom stereocenters. The quantitative estimate of drug-likeness (QED) is 0.879. The van der Waals surface area contributed by atoms with Crippen LogP contribution in [-0.4, -0.2) is 37.5 Å². The number of rotatable bonds is 6. The van der Waals surface area contributed by atoms with Crippen LogP contribution in [0.1, 0.15) is 27.9 Å². The summed E-state index contributed by atoms with van der Waals surface area (Å²) in [5.74, 6) is 1.26. The summed E-state index contributed by atoms with van der Waals surface area (Å²) in [5, 5.41) is 3.20. The van der Waals surface area contributed by atoms with Gasteiger partial charge in [-0.25, -0.2) is 0 Å². The molecule has 4 nitrogen and oxygen atoms in total. The molecule has 1 N–H and O–H groups in total. The normalized spacial score (nSPS) is 16.9. The van der Waals surface area contributed by atoms with Crippen molar-refractivity contribution in [1.82, 2.24) is 10.2 Å². The Hall–Kier alpha value is -2.33. The van der Waals surface area contributed by atoms with Crippen LogP contribution in [0.5, 0.6) is 5.75 Å². The fourth-order valence-electron chi connectivity index (χ4n) is 3.34. The number of amides is 1. The van der Waals surface area contributed by atoms with Gasteiger partial charge in [-0.2, -0.15) is 0 Å². The highest BCUT2D eigenvalue weighted by atomic mass is 16.5. The van der Waals surface area contributed by atoms with E-state index >= 15 is 0 Å². The Morgan fingerprint density at radius 1 is 1.20 bits per heavy atom. The van der Waals surface area contributed by atoms with Crippen LogP contribution in [0, 0.1) is 12.8 Å². The minimum Gasteiger partial charge on any atom is -0.488 e. The topological polar surface area (TPSA) is 41.6 Å². The van der Waals surface area contributed by atoms with Crippen LogP contribution in [-0.2, 0) is 6.61 Å². The molecule has 1 saturated heterocycles. The van der Waals surface area contributed by atoms with Crippen molar-refractivity contribution in [1.29, 1.82) is 0 Å². The van der Waals surface area contributed by atoms with Crippen molar-refractivity contribution in [3.8, 4) is 5.75 Å². The van der Waals surface area contributed by atoms with Gasteiger partial charge in [-0.1, -0.05) is 36.4 Å². The van der Waals surface area contributed by atoms with Gasteiger partial charge in [0.25, 0.3) is 5.91 Å². The zero-order valence-corrected chi connectivity index (χ0v) is 15.0. The lowest BCUT2D eigenvalue weighted by Gasteiger charge is -2.19. The monoisotopic (exact) mass is 338 g/mol. The molecule has 0 spiro atoms. The maximum absolute atomic E-state index is 12.9. The Morgan fingerprint density at radius 3 is 2.76 bits per heavy atom. The van der Waals surface area contributed by atoms with Crippen LogP contribution >= 0.6 is 0 Å². The third-order valence-corrected chi connectivity index (χ3v) is 4.83. The fourth-order valence-corrected chi connectivity index (χ4v) is 3.34. The largest absolute Gasteiger partial charge is 0.488 e. The minimum atomic E-state index is 0.0685. The second-order valence-corrected chi connectivity index (χ2v) is 6.67. The molecule has 1 heterocycles. The van der Waals surface area contributed by atoms with Gasteiger partial charge in [0, 0.05) is 13.1 Å². The molecule has 0 aromatic heterocycles. The Kier molecular flexibility index (Phi) is 5.71. The van der Waals surface area contributed by atoms with E-state index in [1.54, 1.807) is 0 Å². The predicted molar refractivity (Wildman–Crippen MR) is 99.9 cm³/mol. The Balaban J connectivity index is 1.70. The molecule has 0 saturated carbocycles. The molecule has 1 fully saturated rings. The van der Waals surface area contributed by atoms with E-state index in [4.69, 9.17) is 4.74 Å². The van der Waals surface area contributed by atoms with Crippen molar-refractivity contribution in [3.05, 3.63) is 65.2 Å². The average Bonchev–Trinajstić information content (AvgIpc) is 3.10. The molecule has 2 aromatic rings. The van der Waals surface area contributed by atoms with Crippen molar-refractivity contribution in [2.75, 3.05) is 26.7 Å². The third kappa shape index (κ3) is 4.20. The molecule has 132 valence electrons. The van der Waals surface area contributed by atoms with Gasteiger partial charge in [0.1, 0.15) is 12.4 Å². The number of carbonyl (C=O) groups is 1. The predicted octanol–water partition coefficient (Wildman–Crippen LogP) is 3.26. The zero-order chi connectivity index (χ0) is 17.6. The number of likely N-dealkylation sites (tertiary alicyclic amines) is 1. The summed E-state index contributed by atoms with van der Waals surface area (Å²) in [4.78, 5) is 14.9. The summed E-state index contributed by atoms with van der Waals surface area (Å²) in [6.45, 7) is 5.12. The molecule has 2 aromatic carbocycles. The second-order valence-electron chi connectivity index (χ2n) is 6.67. The summed E-state index contributed by atoms with van der Waals surface area (Å²) < 4.78 is 6.00.